The van der Waals surface area contributed by atoms with Crippen LogP contribution in [0.15, 0.2) is 0 Å². The second-order valence-corrected chi connectivity index (χ2v) is 3.68. The van der Waals surface area contributed by atoms with Crippen molar-refractivity contribution in [2.75, 3.05) is 0 Å². The number of rotatable bonds is 0. The molecule has 2 saturated carbocycles. The number of aliphatic hydroxyl groups excluding tert-OH is 1. The third-order valence-electron chi connectivity index (χ3n) is 3.28. The first kappa shape index (κ1) is 5.72. The molecule has 1 nitrogen and oxygen atoms in total. The summed E-state index contributed by atoms with van der Waals surface area (Å²) in [5.74, 6) is 2.14. The maximum Gasteiger partial charge on any atom is 0.0596 e. The fraction of sp³-hybridized carbons (Fsp3) is 1.00. The summed E-state index contributed by atoms with van der Waals surface area (Å²) in [4.78, 5) is 0. The van der Waals surface area contributed by atoms with Crippen molar-refractivity contribution in [2.24, 2.45) is 17.8 Å². The van der Waals surface area contributed by atoms with E-state index in [9.17, 15) is 5.11 Å². The zero-order valence-electron chi connectivity index (χ0n) is 5.88. The Hall–Kier alpha value is -0.0400. The molecule has 2 fully saturated rings. The zero-order chi connectivity index (χ0) is 6.43. The Morgan fingerprint density at radius 2 is 1.89 bits per heavy atom. The van der Waals surface area contributed by atoms with E-state index in [-0.39, 0.29) is 6.10 Å². The van der Waals surface area contributed by atoms with Gasteiger partial charge < -0.3 is 5.11 Å². The van der Waals surface area contributed by atoms with Crippen LogP contribution in [0, 0.1) is 17.8 Å². The molecular formula is C8H14O. The molecule has 0 saturated heterocycles. The lowest BCUT2D eigenvalue weighted by atomic mass is 9.88. The van der Waals surface area contributed by atoms with E-state index in [1.807, 2.05) is 0 Å². The van der Waals surface area contributed by atoms with Crippen molar-refractivity contribution in [3.05, 3.63) is 0 Å². The maximum absolute atomic E-state index is 9.49. The zero-order valence-corrected chi connectivity index (χ0v) is 5.88. The van der Waals surface area contributed by atoms with Crippen molar-refractivity contribution in [3.63, 3.8) is 0 Å². The van der Waals surface area contributed by atoms with E-state index in [2.05, 4.69) is 6.92 Å². The van der Waals surface area contributed by atoms with Gasteiger partial charge in [0.2, 0.25) is 0 Å². The molecule has 1 N–H and O–H groups in total. The topological polar surface area (TPSA) is 20.2 Å². The van der Waals surface area contributed by atoms with Crippen molar-refractivity contribution in [1.82, 2.24) is 0 Å². The molecule has 2 aliphatic carbocycles. The fourth-order valence-electron chi connectivity index (χ4n) is 2.55. The van der Waals surface area contributed by atoms with Crippen LogP contribution in [0.4, 0.5) is 0 Å². The Morgan fingerprint density at radius 1 is 1.22 bits per heavy atom. The van der Waals surface area contributed by atoms with Gasteiger partial charge in [-0.1, -0.05) is 6.92 Å². The van der Waals surface area contributed by atoms with E-state index in [4.69, 9.17) is 0 Å². The van der Waals surface area contributed by atoms with Crippen molar-refractivity contribution in [2.45, 2.75) is 32.3 Å². The predicted octanol–water partition coefficient (Wildman–Crippen LogP) is 1.41. The second kappa shape index (κ2) is 1.72. The van der Waals surface area contributed by atoms with Crippen LogP contribution in [0.1, 0.15) is 26.2 Å². The fourth-order valence-corrected chi connectivity index (χ4v) is 2.55. The molecule has 0 radical (unpaired) electrons. The molecule has 0 aromatic heterocycles. The molecule has 0 spiro atoms. The van der Waals surface area contributed by atoms with Crippen LogP contribution >= 0.6 is 0 Å². The summed E-state index contributed by atoms with van der Waals surface area (Å²) in [7, 11) is 0. The second-order valence-electron chi connectivity index (χ2n) is 3.68. The van der Waals surface area contributed by atoms with Gasteiger partial charge in [-0.15, -0.1) is 0 Å². The van der Waals surface area contributed by atoms with Crippen LogP contribution in [-0.4, -0.2) is 11.2 Å². The third kappa shape index (κ3) is 0.644. The van der Waals surface area contributed by atoms with Crippen molar-refractivity contribution < 1.29 is 5.11 Å². The first-order valence-electron chi connectivity index (χ1n) is 3.97. The highest BCUT2D eigenvalue weighted by Crippen LogP contribution is 2.47. The Bertz CT molecular complexity index is 104. The monoisotopic (exact) mass is 126 g/mol. The summed E-state index contributed by atoms with van der Waals surface area (Å²) >= 11 is 0. The summed E-state index contributed by atoms with van der Waals surface area (Å²) in [5, 5.41) is 9.49. The standard InChI is InChI=1S/C8H14O/c1-5-6-2-3-7(4-6)8(5)9/h5-9H,2-4H2,1H3/t5-,6+,7-,8+/m1/s1. The van der Waals surface area contributed by atoms with E-state index in [1.165, 1.54) is 19.3 Å². The smallest absolute Gasteiger partial charge is 0.0596 e. The highest BCUT2D eigenvalue weighted by Gasteiger charge is 2.43. The molecule has 0 aromatic rings. The molecule has 4 atom stereocenters. The quantitative estimate of drug-likeness (QED) is 0.520. The minimum Gasteiger partial charge on any atom is -0.393 e. The Kier molecular flexibility index (Phi) is 1.10. The van der Waals surface area contributed by atoms with Gasteiger partial charge in [0.1, 0.15) is 0 Å². The molecule has 2 rings (SSSR count). The minimum absolute atomic E-state index is 0.0451. The lowest BCUT2D eigenvalue weighted by molar-refractivity contribution is 0.0677. The van der Waals surface area contributed by atoms with E-state index < -0.39 is 0 Å². The predicted molar refractivity (Wildman–Crippen MR) is 36.0 cm³/mol. The minimum atomic E-state index is 0.0451. The van der Waals surface area contributed by atoms with Gasteiger partial charge in [0.05, 0.1) is 6.10 Å². The number of hydrogen-bond donors (Lipinski definition) is 1. The Labute approximate surface area is 56.1 Å². The van der Waals surface area contributed by atoms with Crippen LogP contribution in [0.3, 0.4) is 0 Å². The Balaban J connectivity index is 2.15. The largest absolute Gasteiger partial charge is 0.393 e. The summed E-state index contributed by atoms with van der Waals surface area (Å²) in [6, 6.07) is 0. The first-order valence-corrected chi connectivity index (χ1v) is 3.97. The molecule has 0 amide bonds. The number of fused-ring (bicyclic) bond motifs is 2. The molecule has 2 aliphatic rings. The van der Waals surface area contributed by atoms with E-state index in [0.29, 0.717) is 11.8 Å². The van der Waals surface area contributed by atoms with Gasteiger partial charge in [0, 0.05) is 0 Å². The summed E-state index contributed by atoms with van der Waals surface area (Å²) in [6.45, 7) is 2.19. The first-order chi connectivity index (χ1) is 4.29. The molecule has 0 unspecified atom stereocenters. The molecule has 1 heteroatoms. The van der Waals surface area contributed by atoms with Gasteiger partial charge in [0.25, 0.3) is 0 Å². The molecule has 0 aromatic carbocycles. The SMILES string of the molecule is C[C@@H]1[C@H]2CC[C@H](C2)[C@H]1O. The van der Waals surface area contributed by atoms with Crippen LogP contribution in [0.5, 0.6) is 0 Å². The van der Waals surface area contributed by atoms with Gasteiger partial charge in [-0.25, -0.2) is 0 Å². The molecule has 52 valence electrons. The van der Waals surface area contributed by atoms with Crippen LogP contribution in [0.2, 0.25) is 0 Å². The molecule has 2 bridgehead atoms. The number of hydrogen-bond acceptors (Lipinski definition) is 1. The van der Waals surface area contributed by atoms with Crippen LogP contribution in [0.25, 0.3) is 0 Å². The van der Waals surface area contributed by atoms with Gasteiger partial charge in [-0.3, -0.25) is 0 Å². The van der Waals surface area contributed by atoms with E-state index >= 15 is 0 Å². The molecule has 0 aliphatic heterocycles. The lowest BCUT2D eigenvalue weighted by Crippen LogP contribution is -2.24. The highest BCUT2D eigenvalue weighted by molar-refractivity contribution is 4.94. The average molecular weight is 126 g/mol. The molecule has 9 heavy (non-hydrogen) atoms. The highest BCUT2D eigenvalue weighted by atomic mass is 16.3. The van der Waals surface area contributed by atoms with Gasteiger partial charge in [-0.2, -0.15) is 0 Å². The summed E-state index contributed by atoms with van der Waals surface area (Å²) in [5.41, 5.74) is 0. The van der Waals surface area contributed by atoms with E-state index in [1.54, 1.807) is 0 Å². The van der Waals surface area contributed by atoms with Crippen LogP contribution < -0.4 is 0 Å². The molecular weight excluding hydrogens is 112 g/mol. The van der Waals surface area contributed by atoms with Gasteiger partial charge in [-0.05, 0) is 37.0 Å². The van der Waals surface area contributed by atoms with Gasteiger partial charge >= 0.3 is 0 Å². The van der Waals surface area contributed by atoms with Crippen molar-refractivity contribution in [3.8, 4) is 0 Å². The third-order valence-corrected chi connectivity index (χ3v) is 3.28. The Morgan fingerprint density at radius 3 is 2.22 bits per heavy atom. The average Bonchev–Trinajstić information content (AvgIpc) is 2.37. The maximum atomic E-state index is 9.49. The summed E-state index contributed by atoms with van der Waals surface area (Å²) < 4.78 is 0. The normalized spacial score (nSPS) is 56.7. The van der Waals surface area contributed by atoms with Crippen LogP contribution in [-0.2, 0) is 0 Å². The summed E-state index contributed by atoms with van der Waals surface area (Å²) in [6.07, 6.45) is 4.02. The van der Waals surface area contributed by atoms with Crippen molar-refractivity contribution >= 4 is 0 Å². The number of aliphatic hydroxyl groups is 1. The van der Waals surface area contributed by atoms with Gasteiger partial charge in [0.15, 0.2) is 0 Å². The lowest BCUT2D eigenvalue weighted by Gasteiger charge is -2.22. The van der Waals surface area contributed by atoms with Crippen molar-refractivity contribution in [1.29, 1.82) is 0 Å². The molecule has 0 heterocycles. The van der Waals surface area contributed by atoms with E-state index in [0.717, 1.165) is 5.92 Å².